The number of Topliss-reactive ketones (excluding diaryl/α,β-unsaturated/α-hetero) is 1. The number of aryl methyl sites for hydroxylation is 1. The number of guanidine groups is 1. The summed E-state index contributed by atoms with van der Waals surface area (Å²) in [7, 11) is 2.17. The molecule has 6 nitrogen and oxygen atoms in total. The molecule has 0 bridgehead atoms. The molecule has 2 aliphatic carbocycles. The third-order valence-electron chi connectivity index (χ3n) is 7.16. The molecule has 2 aliphatic heterocycles. The number of hydrogen-bond acceptors (Lipinski definition) is 6. The third kappa shape index (κ3) is 3.76. The first kappa shape index (κ1) is 21.8. The Kier molecular flexibility index (Phi) is 5.79. The van der Waals surface area contributed by atoms with Gasteiger partial charge < -0.3 is 14.7 Å². The minimum Gasteiger partial charge on any atom is -0.369 e. The monoisotopic (exact) mass is 443 g/mol. The van der Waals surface area contributed by atoms with Crippen molar-refractivity contribution in [2.75, 3.05) is 51.2 Å². The van der Waals surface area contributed by atoms with E-state index in [4.69, 9.17) is 9.98 Å². The normalized spacial score (nSPS) is 20.7. The molecule has 1 fully saturated rings. The van der Waals surface area contributed by atoms with Crippen LogP contribution in [0.1, 0.15) is 37.8 Å². The van der Waals surface area contributed by atoms with E-state index in [9.17, 15) is 4.79 Å². The summed E-state index contributed by atoms with van der Waals surface area (Å²) in [6.07, 6.45) is 6.08. The minimum atomic E-state index is 0.0786. The molecule has 1 aromatic carbocycles. The van der Waals surface area contributed by atoms with Crippen molar-refractivity contribution in [3.05, 3.63) is 58.3 Å². The fourth-order valence-corrected chi connectivity index (χ4v) is 5.14. The van der Waals surface area contributed by atoms with E-state index in [-0.39, 0.29) is 5.78 Å². The molecule has 0 atom stereocenters. The lowest BCUT2D eigenvalue weighted by Crippen LogP contribution is -2.44. The quantitative estimate of drug-likeness (QED) is 0.710. The van der Waals surface area contributed by atoms with Crippen molar-refractivity contribution in [3.8, 4) is 0 Å². The molecule has 0 radical (unpaired) electrons. The number of benzene rings is 1. The Morgan fingerprint density at radius 1 is 0.970 bits per heavy atom. The number of rotatable bonds is 4. The van der Waals surface area contributed by atoms with Crippen molar-refractivity contribution in [2.24, 2.45) is 9.98 Å². The van der Waals surface area contributed by atoms with Gasteiger partial charge in [0.25, 0.3) is 0 Å². The van der Waals surface area contributed by atoms with Gasteiger partial charge in [0.05, 0.1) is 5.57 Å². The van der Waals surface area contributed by atoms with Crippen molar-refractivity contribution < 1.29 is 4.79 Å². The van der Waals surface area contributed by atoms with Gasteiger partial charge in [-0.05, 0) is 63.9 Å². The zero-order valence-electron chi connectivity index (χ0n) is 20.2. The molecule has 0 N–H and O–H groups in total. The molecule has 1 saturated heterocycles. The van der Waals surface area contributed by atoms with Gasteiger partial charge in [0.15, 0.2) is 5.78 Å². The second-order valence-corrected chi connectivity index (χ2v) is 9.20. The number of allylic oxidation sites excluding steroid dienone is 5. The average molecular weight is 444 g/mol. The van der Waals surface area contributed by atoms with Crippen LogP contribution in [0.25, 0.3) is 5.57 Å². The number of fused-ring (bicyclic) bond motifs is 3. The lowest BCUT2D eigenvalue weighted by Gasteiger charge is -2.34. The van der Waals surface area contributed by atoms with Gasteiger partial charge in [-0.25, -0.2) is 9.98 Å². The molecule has 0 unspecified atom stereocenters. The molecule has 5 rings (SSSR count). The van der Waals surface area contributed by atoms with E-state index in [0.717, 1.165) is 91.8 Å². The lowest BCUT2D eigenvalue weighted by molar-refractivity contribution is -0.110. The van der Waals surface area contributed by atoms with E-state index in [1.165, 1.54) is 5.69 Å². The Morgan fingerprint density at radius 3 is 2.33 bits per heavy atom. The van der Waals surface area contributed by atoms with Crippen LogP contribution in [0.2, 0.25) is 0 Å². The summed E-state index contributed by atoms with van der Waals surface area (Å²) in [5.41, 5.74) is 7.35. The number of carbonyl (C=O) groups is 1. The third-order valence-corrected chi connectivity index (χ3v) is 7.16. The highest BCUT2D eigenvalue weighted by Crippen LogP contribution is 2.41. The van der Waals surface area contributed by atoms with E-state index < -0.39 is 0 Å². The molecular weight excluding hydrogens is 410 g/mol. The second kappa shape index (κ2) is 8.75. The van der Waals surface area contributed by atoms with Crippen molar-refractivity contribution in [3.63, 3.8) is 0 Å². The van der Waals surface area contributed by atoms with Crippen molar-refractivity contribution in [1.82, 2.24) is 9.80 Å². The number of hydrogen-bond donors (Lipinski definition) is 0. The van der Waals surface area contributed by atoms with E-state index in [2.05, 4.69) is 72.9 Å². The van der Waals surface area contributed by atoms with E-state index in [1.54, 1.807) is 0 Å². The summed E-state index contributed by atoms with van der Waals surface area (Å²) in [6.45, 7) is 12.2. The average Bonchev–Trinajstić information content (AvgIpc) is 3.26. The van der Waals surface area contributed by atoms with Crippen LogP contribution in [0.3, 0.4) is 0 Å². The van der Waals surface area contributed by atoms with Gasteiger partial charge in [-0.2, -0.15) is 0 Å². The minimum absolute atomic E-state index is 0.0786. The summed E-state index contributed by atoms with van der Waals surface area (Å²) in [4.78, 5) is 30.6. The van der Waals surface area contributed by atoms with Crippen molar-refractivity contribution >= 4 is 28.7 Å². The maximum Gasteiger partial charge on any atom is 0.226 e. The highest BCUT2D eigenvalue weighted by molar-refractivity contribution is 6.45. The predicted molar refractivity (Wildman–Crippen MR) is 136 cm³/mol. The summed E-state index contributed by atoms with van der Waals surface area (Å²) < 4.78 is 0. The summed E-state index contributed by atoms with van der Waals surface area (Å²) in [5.74, 6) is 0.796. The Labute approximate surface area is 196 Å². The number of likely N-dealkylation sites (N-methyl/N-ethyl adjacent to an activating group) is 1. The number of anilines is 1. The zero-order valence-corrected chi connectivity index (χ0v) is 20.2. The van der Waals surface area contributed by atoms with Crippen LogP contribution in [0.5, 0.6) is 0 Å². The van der Waals surface area contributed by atoms with E-state index in [1.807, 2.05) is 0 Å². The molecule has 33 heavy (non-hydrogen) atoms. The van der Waals surface area contributed by atoms with Crippen LogP contribution in [-0.4, -0.2) is 73.6 Å². The van der Waals surface area contributed by atoms with Crippen LogP contribution >= 0.6 is 0 Å². The van der Waals surface area contributed by atoms with Crippen LogP contribution < -0.4 is 4.90 Å². The SMILES string of the molecule is CCN(CC)C1=NC2=C(c3ccc(N4CCN(C)CC4)cc3C)C(=O)C3=CCCC=C3C2=N1. The van der Waals surface area contributed by atoms with Gasteiger partial charge in [0.2, 0.25) is 5.96 Å². The fourth-order valence-electron chi connectivity index (χ4n) is 5.14. The number of ketones is 1. The van der Waals surface area contributed by atoms with Gasteiger partial charge in [0.1, 0.15) is 11.4 Å². The number of aliphatic imine (C=N–C) groups is 2. The number of carbonyl (C=O) groups excluding carboxylic acids is 1. The molecule has 1 aromatic rings. The van der Waals surface area contributed by atoms with Gasteiger partial charge in [-0.1, -0.05) is 18.2 Å². The maximum absolute atomic E-state index is 13.8. The van der Waals surface area contributed by atoms with Gasteiger partial charge in [-0.3, -0.25) is 4.79 Å². The molecule has 0 spiro atoms. The number of nitrogens with zero attached hydrogens (tertiary/aromatic N) is 5. The van der Waals surface area contributed by atoms with E-state index >= 15 is 0 Å². The first-order valence-electron chi connectivity index (χ1n) is 12.2. The Hall–Kier alpha value is -2.99. The molecule has 0 aromatic heterocycles. The van der Waals surface area contributed by atoms with Crippen LogP contribution in [0.15, 0.2) is 57.2 Å². The van der Waals surface area contributed by atoms with Gasteiger partial charge >= 0.3 is 0 Å². The molecule has 2 heterocycles. The molecule has 0 saturated carbocycles. The second-order valence-electron chi connectivity index (χ2n) is 9.20. The maximum atomic E-state index is 13.8. The number of piperazine rings is 1. The first-order valence-corrected chi connectivity index (χ1v) is 12.2. The van der Waals surface area contributed by atoms with Crippen LogP contribution in [-0.2, 0) is 4.79 Å². The Morgan fingerprint density at radius 2 is 1.67 bits per heavy atom. The van der Waals surface area contributed by atoms with Crippen molar-refractivity contribution in [1.29, 1.82) is 0 Å². The summed E-state index contributed by atoms with van der Waals surface area (Å²) in [5, 5.41) is 0. The predicted octanol–water partition coefficient (Wildman–Crippen LogP) is 3.84. The first-order chi connectivity index (χ1) is 16.0. The Balaban J connectivity index is 1.60. The molecule has 0 amide bonds. The standard InChI is InChI=1S/C27H33N5O/c1-5-31(6-2)27-28-24-21-9-7-8-10-22(21)26(33)23(25(24)29-27)20-12-11-19(17-18(20)3)32-15-13-30(4)14-16-32/h9-12,17H,5-8,13-16H2,1-4H3. The highest BCUT2D eigenvalue weighted by atomic mass is 16.1. The Bertz CT molecular complexity index is 1140. The van der Waals surface area contributed by atoms with Gasteiger partial charge in [-0.15, -0.1) is 0 Å². The molecule has 4 aliphatic rings. The topological polar surface area (TPSA) is 51.5 Å². The zero-order chi connectivity index (χ0) is 23.1. The van der Waals surface area contributed by atoms with E-state index in [0.29, 0.717) is 5.57 Å². The fraction of sp³-hybridized carbons (Fsp3) is 0.444. The largest absolute Gasteiger partial charge is 0.369 e. The van der Waals surface area contributed by atoms with Crippen LogP contribution in [0.4, 0.5) is 5.69 Å². The smallest absolute Gasteiger partial charge is 0.226 e. The van der Waals surface area contributed by atoms with Gasteiger partial charge in [0, 0.05) is 56.1 Å². The highest BCUT2D eigenvalue weighted by Gasteiger charge is 2.38. The molecule has 172 valence electrons. The van der Waals surface area contributed by atoms with Crippen molar-refractivity contribution in [2.45, 2.75) is 33.6 Å². The lowest BCUT2D eigenvalue weighted by atomic mass is 9.78. The molecular formula is C27H33N5O. The van der Waals surface area contributed by atoms with Crippen LogP contribution in [0, 0.1) is 6.92 Å². The summed E-state index contributed by atoms with van der Waals surface area (Å²) in [6, 6.07) is 6.50. The summed E-state index contributed by atoms with van der Waals surface area (Å²) >= 11 is 0. The molecule has 6 heteroatoms.